The normalized spacial score (nSPS) is 17.8. The molecule has 1 heterocycles. The third kappa shape index (κ3) is 2.70. The fraction of sp³-hybridized carbons (Fsp3) is 0.500. The lowest BCUT2D eigenvalue weighted by atomic mass is 10.0. The summed E-state index contributed by atoms with van der Waals surface area (Å²) in [6.07, 6.45) is 1.45. The van der Waals surface area contributed by atoms with Crippen LogP contribution in [0, 0.1) is 13.8 Å². The first-order valence-electron chi connectivity index (χ1n) is 5.95. The van der Waals surface area contributed by atoms with Crippen LogP contribution < -0.4 is 0 Å². The zero-order valence-corrected chi connectivity index (χ0v) is 10.1. The Bertz CT molecular complexity index is 388. The molecule has 1 aliphatic heterocycles. The van der Waals surface area contributed by atoms with Gasteiger partial charge in [0.1, 0.15) is 5.78 Å². The molecular formula is C14H19NO. The Morgan fingerprint density at radius 2 is 1.81 bits per heavy atom. The first kappa shape index (κ1) is 11.3. The SMILES string of the molecule is Cc1ccc(CN2CCC(=O)CC2)cc1C. The highest BCUT2D eigenvalue weighted by Crippen LogP contribution is 2.14. The molecule has 1 aliphatic rings. The molecule has 0 aromatic heterocycles. The maximum atomic E-state index is 11.1. The van der Waals surface area contributed by atoms with Crippen LogP contribution in [-0.2, 0) is 11.3 Å². The number of piperidine rings is 1. The molecule has 0 atom stereocenters. The lowest BCUT2D eigenvalue weighted by molar-refractivity contribution is -0.121. The van der Waals surface area contributed by atoms with E-state index in [4.69, 9.17) is 0 Å². The maximum absolute atomic E-state index is 11.1. The summed E-state index contributed by atoms with van der Waals surface area (Å²) in [7, 11) is 0. The van der Waals surface area contributed by atoms with Gasteiger partial charge in [-0.25, -0.2) is 0 Å². The quantitative estimate of drug-likeness (QED) is 0.758. The van der Waals surface area contributed by atoms with Crippen molar-refractivity contribution in [3.05, 3.63) is 34.9 Å². The van der Waals surface area contributed by atoms with E-state index >= 15 is 0 Å². The topological polar surface area (TPSA) is 20.3 Å². The molecule has 0 unspecified atom stereocenters. The third-order valence-electron chi connectivity index (χ3n) is 3.39. The highest BCUT2D eigenvalue weighted by molar-refractivity contribution is 5.79. The summed E-state index contributed by atoms with van der Waals surface area (Å²) in [4.78, 5) is 13.5. The molecule has 86 valence electrons. The van der Waals surface area contributed by atoms with E-state index in [0.29, 0.717) is 5.78 Å². The molecule has 1 fully saturated rings. The van der Waals surface area contributed by atoms with Gasteiger partial charge in [-0.1, -0.05) is 18.2 Å². The molecule has 1 saturated heterocycles. The molecule has 2 heteroatoms. The van der Waals surface area contributed by atoms with Crippen LogP contribution in [0.1, 0.15) is 29.5 Å². The number of likely N-dealkylation sites (tertiary alicyclic amines) is 1. The number of rotatable bonds is 2. The minimum atomic E-state index is 0.413. The Labute approximate surface area is 97.3 Å². The van der Waals surface area contributed by atoms with Crippen molar-refractivity contribution in [2.24, 2.45) is 0 Å². The van der Waals surface area contributed by atoms with Crippen LogP contribution in [0.5, 0.6) is 0 Å². The maximum Gasteiger partial charge on any atom is 0.135 e. The van der Waals surface area contributed by atoms with Crippen molar-refractivity contribution < 1.29 is 4.79 Å². The van der Waals surface area contributed by atoms with Crippen LogP contribution in [0.15, 0.2) is 18.2 Å². The number of Topliss-reactive ketones (excluding diaryl/α,β-unsaturated/α-hetero) is 1. The number of hydrogen-bond donors (Lipinski definition) is 0. The summed E-state index contributed by atoms with van der Waals surface area (Å²) in [6, 6.07) is 6.63. The average Bonchev–Trinajstić information content (AvgIpc) is 2.27. The molecule has 1 aromatic carbocycles. The standard InChI is InChI=1S/C14H19NO/c1-11-3-4-13(9-12(11)2)10-15-7-5-14(16)6-8-15/h3-4,9H,5-8,10H2,1-2H3. The fourth-order valence-corrected chi connectivity index (χ4v) is 2.12. The molecule has 0 bridgehead atoms. The number of hydrogen-bond acceptors (Lipinski definition) is 2. The summed E-state index contributed by atoms with van der Waals surface area (Å²) >= 11 is 0. The molecule has 0 saturated carbocycles. The van der Waals surface area contributed by atoms with Gasteiger partial charge in [0, 0.05) is 32.5 Å². The second-order valence-corrected chi connectivity index (χ2v) is 4.73. The van der Waals surface area contributed by atoms with Gasteiger partial charge < -0.3 is 0 Å². The Hall–Kier alpha value is -1.15. The first-order chi connectivity index (χ1) is 7.65. The van der Waals surface area contributed by atoms with Crippen LogP contribution in [0.25, 0.3) is 0 Å². The second kappa shape index (κ2) is 4.79. The third-order valence-corrected chi connectivity index (χ3v) is 3.39. The van der Waals surface area contributed by atoms with E-state index in [9.17, 15) is 4.79 Å². The lowest BCUT2D eigenvalue weighted by Crippen LogP contribution is -2.33. The van der Waals surface area contributed by atoms with E-state index in [1.165, 1.54) is 16.7 Å². The molecule has 0 spiro atoms. The lowest BCUT2D eigenvalue weighted by Gasteiger charge is -2.25. The zero-order valence-electron chi connectivity index (χ0n) is 10.1. The van der Waals surface area contributed by atoms with Gasteiger partial charge in [0.25, 0.3) is 0 Å². The van der Waals surface area contributed by atoms with Crippen molar-refractivity contribution in [1.82, 2.24) is 4.90 Å². The predicted molar refractivity (Wildman–Crippen MR) is 65.4 cm³/mol. The summed E-state index contributed by atoms with van der Waals surface area (Å²) < 4.78 is 0. The van der Waals surface area contributed by atoms with Crippen molar-refractivity contribution >= 4 is 5.78 Å². The summed E-state index contributed by atoms with van der Waals surface area (Å²) in [5, 5.41) is 0. The number of benzene rings is 1. The van der Waals surface area contributed by atoms with Gasteiger partial charge >= 0.3 is 0 Å². The highest BCUT2D eigenvalue weighted by atomic mass is 16.1. The molecule has 0 N–H and O–H groups in total. The van der Waals surface area contributed by atoms with Gasteiger partial charge in [0.05, 0.1) is 0 Å². The van der Waals surface area contributed by atoms with Crippen LogP contribution in [-0.4, -0.2) is 23.8 Å². The van der Waals surface area contributed by atoms with E-state index in [2.05, 4.69) is 36.9 Å². The van der Waals surface area contributed by atoms with E-state index in [1.807, 2.05) is 0 Å². The molecule has 16 heavy (non-hydrogen) atoms. The van der Waals surface area contributed by atoms with Crippen molar-refractivity contribution in [3.63, 3.8) is 0 Å². The molecule has 0 radical (unpaired) electrons. The minimum Gasteiger partial charge on any atom is -0.300 e. The molecule has 1 aromatic rings. The largest absolute Gasteiger partial charge is 0.300 e. The van der Waals surface area contributed by atoms with E-state index in [1.54, 1.807) is 0 Å². The van der Waals surface area contributed by atoms with Crippen molar-refractivity contribution in [1.29, 1.82) is 0 Å². The van der Waals surface area contributed by atoms with Crippen LogP contribution in [0.4, 0.5) is 0 Å². The van der Waals surface area contributed by atoms with Crippen molar-refractivity contribution in [3.8, 4) is 0 Å². The van der Waals surface area contributed by atoms with Gasteiger partial charge in [0.15, 0.2) is 0 Å². The Morgan fingerprint density at radius 3 is 2.44 bits per heavy atom. The smallest absolute Gasteiger partial charge is 0.135 e. The Balaban J connectivity index is 1.98. The van der Waals surface area contributed by atoms with E-state index < -0.39 is 0 Å². The monoisotopic (exact) mass is 217 g/mol. The molecule has 0 aliphatic carbocycles. The second-order valence-electron chi connectivity index (χ2n) is 4.73. The van der Waals surface area contributed by atoms with Crippen LogP contribution in [0.2, 0.25) is 0 Å². The number of carbonyl (C=O) groups excluding carboxylic acids is 1. The highest BCUT2D eigenvalue weighted by Gasteiger charge is 2.15. The number of nitrogens with zero attached hydrogens (tertiary/aromatic N) is 1. The Kier molecular flexibility index (Phi) is 3.39. The first-order valence-corrected chi connectivity index (χ1v) is 5.95. The van der Waals surface area contributed by atoms with E-state index in [0.717, 1.165) is 32.5 Å². The number of aryl methyl sites for hydroxylation is 2. The van der Waals surface area contributed by atoms with Gasteiger partial charge in [0.2, 0.25) is 0 Å². The fourth-order valence-electron chi connectivity index (χ4n) is 2.12. The molecule has 2 nitrogen and oxygen atoms in total. The van der Waals surface area contributed by atoms with Crippen molar-refractivity contribution in [2.75, 3.05) is 13.1 Å². The van der Waals surface area contributed by atoms with Crippen LogP contribution >= 0.6 is 0 Å². The van der Waals surface area contributed by atoms with Gasteiger partial charge in [-0.2, -0.15) is 0 Å². The molecule has 2 rings (SSSR count). The minimum absolute atomic E-state index is 0.413. The summed E-state index contributed by atoms with van der Waals surface area (Å²) in [6.45, 7) is 7.11. The summed E-state index contributed by atoms with van der Waals surface area (Å²) in [5.41, 5.74) is 4.06. The number of ketones is 1. The number of carbonyl (C=O) groups is 1. The van der Waals surface area contributed by atoms with E-state index in [-0.39, 0.29) is 0 Å². The predicted octanol–water partition coefficient (Wildman–Crippen LogP) is 2.47. The Morgan fingerprint density at radius 1 is 1.12 bits per heavy atom. The molecule has 0 amide bonds. The summed E-state index contributed by atoms with van der Waals surface area (Å²) in [5.74, 6) is 0.413. The van der Waals surface area contributed by atoms with Gasteiger partial charge in [-0.3, -0.25) is 9.69 Å². The molecular weight excluding hydrogens is 198 g/mol. The van der Waals surface area contributed by atoms with Gasteiger partial charge in [-0.15, -0.1) is 0 Å². The average molecular weight is 217 g/mol. The van der Waals surface area contributed by atoms with Crippen LogP contribution in [0.3, 0.4) is 0 Å². The van der Waals surface area contributed by atoms with Gasteiger partial charge in [-0.05, 0) is 30.5 Å². The zero-order chi connectivity index (χ0) is 11.5. The van der Waals surface area contributed by atoms with Crippen molar-refractivity contribution in [2.45, 2.75) is 33.2 Å².